The predicted octanol–water partition coefficient (Wildman–Crippen LogP) is 4.69. The molecule has 4 aromatic rings. The van der Waals surface area contributed by atoms with Crippen LogP contribution >= 0.6 is 0 Å². The number of carbonyl (C=O) groups excluding carboxylic acids is 3. The van der Waals surface area contributed by atoms with Crippen molar-refractivity contribution in [3.05, 3.63) is 127 Å². The number of nitrogens with zero attached hydrogens (tertiary/aromatic N) is 2. The number of hydrogen-bond donors (Lipinski definition) is 6. The van der Waals surface area contributed by atoms with Crippen molar-refractivity contribution in [2.24, 2.45) is 5.73 Å². The highest BCUT2D eigenvalue weighted by molar-refractivity contribution is 5.95. The van der Waals surface area contributed by atoms with Crippen molar-refractivity contribution in [2.75, 3.05) is 23.7 Å². The molecule has 0 radical (unpaired) electrons. The number of ether oxygens (including phenoxy) is 3. The van der Waals surface area contributed by atoms with Gasteiger partial charge in [-0.15, -0.1) is 0 Å². The number of alkyl carbamates (subject to hydrolysis) is 1. The van der Waals surface area contributed by atoms with Crippen LogP contribution in [0, 0.1) is 20.2 Å². The van der Waals surface area contributed by atoms with E-state index in [0.29, 0.717) is 39.6 Å². The summed E-state index contributed by atoms with van der Waals surface area (Å²) in [5, 5.41) is 47.5. The number of hydrogen-bond acceptors (Lipinski definition) is 13. The summed E-state index contributed by atoms with van der Waals surface area (Å²) in [5.74, 6) is -0.153. The number of nitrogens with two attached hydrogens (primary N) is 1. The first-order valence-electron chi connectivity index (χ1n) is 16.6. The third kappa shape index (κ3) is 14.7. The average molecular weight is 763 g/mol. The molecule has 0 aliphatic rings. The summed E-state index contributed by atoms with van der Waals surface area (Å²) >= 11 is 0. The molecule has 55 heavy (non-hydrogen) atoms. The highest BCUT2D eigenvalue weighted by Crippen LogP contribution is 2.28. The average Bonchev–Trinajstić information content (AvgIpc) is 3.15. The lowest BCUT2D eigenvalue weighted by Crippen LogP contribution is -2.37. The van der Waals surface area contributed by atoms with Crippen LogP contribution in [-0.2, 0) is 40.8 Å². The van der Waals surface area contributed by atoms with Gasteiger partial charge >= 0.3 is 6.09 Å². The van der Waals surface area contributed by atoms with Gasteiger partial charge in [0, 0.05) is 24.3 Å². The fourth-order valence-corrected chi connectivity index (χ4v) is 4.41. The highest BCUT2D eigenvalue weighted by Gasteiger charge is 2.18. The Labute approximate surface area is 315 Å². The summed E-state index contributed by atoms with van der Waals surface area (Å²) < 4.78 is 16.5. The number of benzene rings is 4. The van der Waals surface area contributed by atoms with E-state index >= 15 is 0 Å². The van der Waals surface area contributed by atoms with Gasteiger partial charge in [-0.3, -0.25) is 29.8 Å². The van der Waals surface area contributed by atoms with Gasteiger partial charge in [0.05, 0.1) is 41.0 Å². The van der Waals surface area contributed by atoms with Crippen molar-refractivity contribution in [2.45, 2.75) is 52.8 Å². The molecule has 0 spiro atoms. The van der Waals surface area contributed by atoms with Crippen LogP contribution in [0.5, 0.6) is 11.5 Å². The molecule has 0 aliphatic carbocycles. The van der Waals surface area contributed by atoms with Crippen LogP contribution in [-0.4, -0.2) is 56.7 Å². The molecule has 18 heteroatoms. The van der Waals surface area contributed by atoms with Gasteiger partial charge in [-0.1, -0.05) is 12.1 Å². The maximum Gasteiger partial charge on any atom is 0.408 e. The van der Waals surface area contributed by atoms with Crippen molar-refractivity contribution >= 4 is 40.7 Å². The zero-order valence-electron chi connectivity index (χ0n) is 30.3. The lowest BCUT2D eigenvalue weighted by Gasteiger charge is -2.19. The lowest BCUT2D eigenvalue weighted by molar-refractivity contribution is -0.385. The quantitative estimate of drug-likeness (QED) is 0.0710. The standard InChI is InChI=1S/C21H25N3O7.C16H17N3O5/c1-21(2,3)31-20(27)22-11-19(26)23-17-10-15(12-25)6-9-18(17)30-13-14-4-7-16(8-5-14)24(28)29;17-8-16(21)18-14-7-12(9-20)3-6-15(14)24-10-11-1-4-13(5-2-11)19(22)23/h4-10,25H,11-13H2,1-3H3,(H,22,27)(H,23,26);1-7,20H,8-10,17H2,(H,18,21). The van der Waals surface area contributed by atoms with Crippen LogP contribution < -0.4 is 31.2 Å². The van der Waals surface area contributed by atoms with Crippen molar-refractivity contribution in [1.29, 1.82) is 0 Å². The maximum atomic E-state index is 12.2. The topological polar surface area (TPSA) is 268 Å². The third-order valence-electron chi connectivity index (χ3n) is 7.06. The minimum atomic E-state index is -0.721. The fraction of sp³-hybridized carbons (Fsp3) is 0.270. The molecule has 292 valence electrons. The number of carbonyl (C=O) groups is 3. The molecule has 0 aliphatic heterocycles. The zero-order valence-corrected chi connectivity index (χ0v) is 30.3. The molecule has 0 atom stereocenters. The van der Waals surface area contributed by atoms with E-state index in [1.54, 1.807) is 81.4 Å². The molecule has 0 saturated carbocycles. The van der Waals surface area contributed by atoms with E-state index in [2.05, 4.69) is 16.0 Å². The summed E-state index contributed by atoms with van der Waals surface area (Å²) in [6, 6.07) is 21.5. The monoisotopic (exact) mass is 762 g/mol. The summed E-state index contributed by atoms with van der Waals surface area (Å²) in [6.45, 7) is 4.50. The lowest BCUT2D eigenvalue weighted by atomic mass is 10.2. The first kappa shape index (κ1) is 42.8. The molecular weight excluding hydrogens is 720 g/mol. The Morgan fingerprint density at radius 2 is 1.07 bits per heavy atom. The van der Waals surface area contributed by atoms with Crippen molar-refractivity contribution in [3.8, 4) is 11.5 Å². The Balaban J connectivity index is 0.000000305. The summed E-state index contributed by atoms with van der Waals surface area (Å²) in [7, 11) is 0. The van der Waals surface area contributed by atoms with Crippen molar-refractivity contribution < 1.29 is 48.7 Å². The second-order valence-electron chi connectivity index (χ2n) is 12.6. The van der Waals surface area contributed by atoms with E-state index in [-0.39, 0.29) is 56.8 Å². The number of rotatable bonds is 15. The zero-order chi connectivity index (χ0) is 40.5. The Kier molecular flexibility index (Phi) is 16.0. The van der Waals surface area contributed by atoms with Crippen molar-refractivity contribution in [3.63, 3.8) is 0 Å². The molecule has 0 heterocycles. The van der Waals surface area contributed by atoms with Gasteiger partial charge in [-0.05, 0) is 91.6 Å². The summed E-state index contributed by atoms with van der Waals surface area (Å²) in [6.07, 6.45) is -0.721. The van der Waals surface area contributed by atoms with E-state index < -0.39 is 27.4 Å². The smallest absolute Gasteiger partial charge is 0.408 e. The number of aliphatic hydroxyl groups is 2. The highest BCUT2D eigenvalue weighted by atomic mass is 16.6. The van der Waals surface area contributed by atoms with E-state index in [1.807, 2.05) is 0 Å². The Hall–Kier alpha value is -6.63. The minimum absolute atomic E-state index is 0.00180. The first-order valence-corrected chi connectivity index (χ1v) is 16.6. The van der Waals surface area contributed by atoms with Crippen LogP contribution in [0.2, 0.25) is 0 Å². The molecule has 0 saturated heterocycles. The second kappa shape index (κ2) is 20.6. The van der Waals surface area contributed by atoms with E-state index in [0.717, 1.165) is 5.56 Å². The largest absolute Gasteiger partial charge is 0.487 e. The normalized spacial score (nSPS) is 10.6. The molecule has 7 N–H and O–H groups in total. The predicted molar refractivity (Wildman–Crippen MR) is 200 cm³/mol. The van der Waals surface area contributed by atoms with Gasteiger partial charge in [0.15, 0.2) is 0 Å². The third-order valence-corrected chi connectivity index (χ3v) is 7.06. The van der Waals surface area contributed by atoms with Crippen LogP contribution in [0.1, 0.15) is 43.0 Å². The summed E-state index contributed by atoms with van der Waals surface area (Å²) in [4.78, 5) is 55.8. The second-order valence-corrected chi connectivity index (χ2v) is 12.6. The number of anilines is 2. The number of non-ortho nitro benzene ring substituents is 2. The van der Waals surface area contributed by atoms with Gasteiger partial charge in [0.1, 0.15) is 36.9 Å². The fourth-order valence-electron chi connectivity index (χ4n) is 4.41. The first-order chi connectivity index (χ1) is 26.1. The SMILES string of the molecule is CC(C)(C)OC(=O)NCC(=O)Nc1cc(CO)ccc1OCc1ccc([N+](=O)[O-])cc1.NCC(=O)Nc1cc(CO)ccc1OCc1ccc([N+](=O)[O-])cc1. The molecule has 0 fully saturated rings. The van der Waals surface area contributed by atoms with E-state index in [9.17, 15) is 44.8 Å². The van der Waals surface area contributed by atoms with Crippen LogP contribution in [0.15, 0.2) is 84.9 Å². The van der Waals surface area contributed by atoms with Gasteiger partial charge in [0.2, 0.25) is 11.8 Å². The number of nitro benzene ring substituents is 2. The van der Waals surface area contributed by atoms with Crippen LogP contribution in [0.25, 0.3) is 0 Å². The maximum absolute atomic E-state index is 12.2. The number of nitrogens with one attached hydrogen (secondary N) is 3. The molecule has 18 nitrogen and oxygen atoms in total. The van der Waals surface area contributed by atoms with E-state index in [1.165, 1.54) is 24.3 Å². The van der Waals surface area contributed by atoms with Crippen LogP contribution in [0.3, 0.4) is 0 Å². The van der Waals surface area contributed by atoms with Gasteiger partial charge in [0.25, 0.3) is 11.4 Å². The van der Waals surface area contributed by atoms with Gasteiger partial charge < -0.3 is 46.1 Å². The molecule has 0 bridgehead atoms. The molecule has 4 rings (SSSR count). The minimum Gasteiger partial charge on any atom is -0.487 e. The Bertz CT molecular complexity index is 1950. The van der Waals surface area contributed by atoms with E-state index in [4.69, 9.17) is 19.9 Å². The van der Waals surface area contributed by atoms with Crippen molar-refractivity contribution in [1.82, 2.24) is 5.32 Å². The van der Waals surface area contributed by atoms with Gasteiger partial charge in [-0.25, -0.2) is 4.79 Å². The van der Waals surface area contributed by atoms with Crippen LogP contribution in [0.4, 0.5) is 27.5 Å². The Morgan fingerprint density at radius 3 is 1.44 bits per heavy atom. The number of aliphatic hydroxyl groups excluding tert-OH is 2. The Morgan fingerprint density at radius 1 is 0.673 bits per heavy atom. The molecule has 4 aromatic carbocycles. The molecule has 3 amide bonds. The van der Waals surface area contributed by atoms with Gasteiger partial charge in [-0.2, -0.15) is 0 Å². The molecule has 0 aromatic heterocycles. The number of nitro groups is 2. The molecular formula is C37H42N6O12. The number of amides is 3. The molecule has 0 unspecified atom stereocenters. The summed E-state index contributed by atoms with van der Waals surface area (Å²) in [5.41, 5.74) is 7.89.